The first kappa shape index (κ1) is 23.1. The quantitative estimate of drug-likeness (QED) is 0.621. The fraction of sp³-hybridized carbons (Fsp3) is 0.500. The van der Waals surface area contributed by atoms with E-state index in [9.17, 15) is 14.4 Å². The normalized spacial score (nSPS) is 20.1. The van der Waals surface area contributed by atoms with Crippen molar-refractivity contribution >= 4 is 29.6 Å². The molecule has 0 spiro atoms. The number of piperidine rings is 1. The Bertz CT molecular complexity index is 847. The number of esters is 2. The van der Waals surface area contributed by atoms with Gasteiger partial charge in [0.1, 0.15) is 0 Å². The third kappa shape index (κ3) is 5.77. The van der Waals surface area contributed by atoms with Gasteiger partial charge in [-0.25, -0.2) is 9.59 Å². The van der Waals surface area contributed by atoms with Crippen molar-refractivity contribution in [2.75, 3.05) is 32.8 Å². The van der Waals surface area contributed by atoms with E-state index in [1.807, 2.05) is 0 Å². The third-order valence-corrected chi connectivity index (χ3v) is 5.69. The minimum atomic E-state index is -0.642. The molecule has 1 saturated heterocycles. The monoisotopic (exact) mass is 449 g/mol. The highest BCUT2D eigenvalue weighted by molar-refractivity contribution is 6.30. The molecule has 1 fully saturated rings. The summed E-state index contributed by atoms with van der Waals surface area (Å²) in [6.07, 6.45) is 1.35. The number of nitrogens with one attached hydrogen (secondary N) is 2. The van der Waals surface area contributed by atoms with Crippen LogP contribution in [0.2, 0.25) is 5.02 Å². The highest BCUT2D eigenvalue weighted by Crippen LogP contribution is 2.30. The molecule has 3 rings (SSSR count). The van der Waals surface area contributed by atoms with Gasteiger partial charge in [-0.05, 0) is 57.5 Å². The molecule has 1 aromatic carbocycles. The summed E-state index contributed by atoms with van der Waals surface area (Å²) >= 11 is 6.00. The van der Waals surface area contributed by atoms with Crippen molar-refractivity contribution < 1.29 is 23.9 Å². The Balaban J connectivity index is 1.82. The molecule has 2 heterocycles. The number of hydrogen-bond acceptors (Lipinski definition) is 6. The standard InChI is InChI=1S/C22H28ClN3O5/c1-3-30-20(27)15-9-11-26(12-10-15)13-17-18(21(28)31-4-2)19(25-22(29)24-17)14-5-7-16(23)8-6-14/h5-8,15,19H,3-4,9-13H2,1-2H3,(H2,24,25,29). The summed E-state index contributed by atoms with van der Waals surface area (Å²) in [4.78, 5) is 39.3. The number of urea groups is 1. The average molecular weight is 450 g/mol. The van der Waals surface area contributed by atoms with E-state index in [1.165, 1.54) is 0 Å². The van der Waals surface area contributed by atoms with Gasteiger partial charge in [-0.15, -0.1) is 0 Å². The zero-order valence-electron chi connectivity index (χ0n) is 17.8. The van der Waals surface area contributed by atoms with Crippen molar-refractivity contribution in [2.45, 2.75) is 32.7 Å². The molecule has 9 heteroatoms. The molecule has 1 aromatic rings. The first-order valence-electron chi connectivity index (χ1n) is 10.5. The molecule has 0 saturated carbocycles. The SMILES string of the molecule is CCOC(=O)C1=C(CN2CCC(C(=O)OCC)CC2)NC(=O)NC1c1ccc(Cl)cc1. The van der Waals surface area contributed by atoms with Crippen LogP contribution in [0.3, 0.4) is 0 Å². The molecule has 1 atom stereocenters. The van der Waals surface area contributed by atoms with Crippen molar-refractivity contribution in [3.63, 3.8) is 0 Å². The zero-order chi connectivity index (χ0) is 22.4. The lowest BCUT2D eigenvalue weighted by Crippen LogP contribution is -2.49. The number of carbonyl (C=O) groups excluding carboxylic acids is 3. The van der Waals surface area contributed by atoms with Crippen molar-refractivity contribution in [1.29, 1.82) is 0 Å². The average Bonchev–Trinajstić information content (AvgIpc) is 2.74. The molecular formula is C22H28ClN3O5. The van der Waals surface area contributed by atoms with E-state index >= 15 is 0 Å². The lowest BCUT2D eigenvalue weighted by molar-refractivity contribution is -0.149. The minimum Gasteiger partial charge on any atom is -0.466 e. The van der Waals surface area contributed by atoms with Gasteiger partial charge < -0.3 is 20.1 Å². The van der Waals surface area contributed by atoms with E-state index in [-0.39, 0.29) is 24.5 Å². The fourth-order valence-electron chi connectivity index (χ4n) is 3.91. The molecular weight excluding hydrogens is 422 g/mol. The Kier molecular flexibility index (Phi) is 7.92. The van der Waals surface area contributed by atoms with E-state index in [2.05, 4.69) is 15.5 Å². The van der Waals surface area contributed by atoms with Gasteiger partial charge in [0.15, 0.2) is 0 Å². The molecule has 0 aliphatic carbocycles. The van der Waals surface area contributed by atoms with Crippen LogP contribution in [-0.4, -0.2) is 55.7 Å². The van der Waals surface area contributed by atoms with Crippen molar-refractivity contribution in [2.24, 2.45) is 5.92 Å². The maximum absolute atomic E-state index is 12.8. The second-order valence-electron chi connectivity index (χ2n) is 7.50. The summed E-state index contributed by atoms with van der Waals surface area (Å²) in [5, 5.41) is 6.17. The van der Waals surface area contributed by atoms with Crippen LogP contribution >= 0.6 is 11.6 Å². The summed E-state index contributed by atoms with van der Waals surface area (Å²) < 4.78 is 10.4. The molecule has 0 aromatic heterocycles. The summed E-state index contributed by atoms with van der Waals surface area (Å²) in [5.74, 6) is -0.753. The van der Waals surface area contributed by atoms with Gasteiger partial charge in [0.05, 0.1) is 30.7 Å². The lowest BCUT2D eigenvalue weighted by atomic mass is 9.93. The minimum absolute atomic E-state index is 0.112. The third-order valence-electron chi connectivity index (χ3n) is 5.44. The van der Waals surface area contributed by atoms with Gasteiger partial charge in [-0.2, -0.15) is 0 Å². The molecule has 8 nitrogen and oxygen atoms in total. The largest absolute Gasteiger partial charge is 0.466 e. The topological polar surface area (TPSA) is 97.0 Å². The molecule has 168 valence electrons. The summed E-state index contributed by atoms with van der Waals surface area (Å²) in [5.41, 5.74) is 1.62. The molecule has 2 N–H and O–H groups in total. The Morgan fingerprint density at radius 3 is 2.35 bits per heavy atom. The van der Waals surface area contributed by atoms with Crippen LogP contribution in [-0.2, 0) is 19.1 Å². The van der Waals surface area contributed by atoms with Gasteiger partial charge in [0.2, 0.25) is 0 Å². The molecule has 2 aliphatic rings. The Hall–Kier alpha value is -2.58. The van der Waals surface area contributed by atoms with E-state index in [4.69, 9.17) is 21.1 Å². The number of amides is 2. The Morgan fingerprint density at radius 2 is 1.74 bits per heavy atom. The van der Waals surface area contributed by atoms with Crippen LogP contribution in [0.25, 0.3) is 0 Å². The van der Waals surface area contributed by atoms with Crippen LogP contribution in [0.4, 0.5) is 4.79 Å². The predicted molar refractivity (Wildman–Crippen MR) is 115 cm³/mol. The maximum Gasteiger partial charge on any atom is 0.338 e. The smallest absolute Gasteiger partial charge is 0.338 e. The summed E-state index contributed by atoms with van der Waals surface area (Å²) in [6.45, 7) is 5.84. The van der Waals surface area contributed by atoms with Crippen LogP contribution in [0.15, 0.2) is 35.5 Å². The Morgan fingerprint density at radius 1 is 1.10 bits per heavy atom. The summed E-state index contributed by atoms with van der Waals surface area (Å²) in [6, 6.07) is 5.96. The van der Waals surface area contributed by atoms with Crippen LogP contribution in [0.1, 0.15) is 38.3 Å². The van der Waals surface area contributed by atoms with Crippen LogP contribution in [0.5, 0.6) is 0 Å². The van der Waals surface area contributed by atoms with E-state index in [0.717, 1.165) is 5.56 Å². The van der Waals surface area contributed by atoms with Crippen molar-refractivity contribution in [1.82, 2.24) is 15.5 Å². The highest BCUT2D eigenvalue weighted by atomic mass is 35.5. The number of halogens is 1. The first-order chi connectivity index (χ1) is 14.9. The van der Waals surface area contributed by atoms with Gasteiger partial charge in [0.25, 0.3) is 0 Å². The van der Waals surface area contributed by atoms with E-state index in [0.29, 0.717) is 55.4 Å². The van der Waals surface area contributed by atoms with Crippen molar-refractivity contribution in [3.05, 3.63) is 46.1 Å². The molecule has 31 heavy (non-hydrogen) atoms. The van der Waals surface area contributed by atoms with Gasteiger partial charge in [0, 0.05) is 17.3 Å². The number of carbonyl (C=O) groups is 3. The van der Waals surface area contributed by atoms with Crippen LogP contribution in [0, 0.1) is 5.92 Å². The van der Waals surface area contributed by atoms with Gasteiger partial charge >= 0.3 is 18.0 Å². The molecule has 1 unspecified atom stereocenters. The molecule has 2 amide bonds. The maximum atomic E-state index is 12.8. The highest BCUT2D eigenvalue weighted by Gasteiger charge is 2.35. The number of rotatable bonds is 7. The number of hydrogen-bond donors (Lipinski definition) is 2. The van der Waals surface area contributed by atoms with Crippen molar-refractivity contribution in [3.8, 4) is 0 Å². The number of ether oxygens (including phenoxy) is 2. The molecule has 0 bridgehead atoms. The first-order valence-corrected chi connectivity index (χ1v) is 10.9. The fourth-order valence-corrected chi connectivity index (χ4v) is 4.03. The number of benzene rings is 1. The van der Waals surface area contributed by atoms with Gasteiger partial charge in [-0.3, -0.25) is 9.69 Å². The second-order valence-corrected chi connectivity index (χ2v) is 7.93. The number of nitrogens with zero attached hydrogens (tertiary/aromatic N) is 1. The number of likely N-dealkylation sites (tertiary alicyclic amines) is 1. The Labute approximate surface area is 186 Å². The van der Waals surface area contributed by atoms with E-state index < -0.39 is 12.0 Å². The predicted octanol–water partition coefficient (Wildman–Crippen LogP) is 2.79. The molecule has 2 aliphatic heterocycles. The molecule has 0 radical (unpaired) electrons. The zero-order valence-corrected chi connectivity index (χ0v) is 18.5. The lowest BCUT2D eigenvalue weighted by Gasteiger charge is -2.35. The van der Waals surface area contributed by atoms with Gasteiger partial charge in [-0.1, -0.05) is 23.7 Å². The summed E-state index contributed by atoms with van der Waals surface area (Å²) in [7, 11) is 0. The van der Waals surface area contributed by atoms with E-state index in [1.54, 1.807) is 38.1 Å². The van der Waals surface area contributed by atoms with Crippen LogP contribution < -0.4 is 10.6 Å². The second kappa shape index (κ2) is 10.6.